The van der Waals surface area contributed by atoms with Crippen LogP contribution in [-0.2, 0) is 16.6 Å². The van der Waals surface area contributed by atoms with Crippen LogP contribution in [0.15, 0.2) is 18.5 Å². The van der Waals surface area contributed by atoms with Gasteiger partial charge in [-0.3, -0.25) is 9.58 Å². The van der Waals surface area contributed by atoms with Crippen LogP contribution in [-0.4, -0.2) is 66.2 Å². The van der Waals surface area contributed by atoms with Crippen LogP contribution in [0.3, 0.4) is 0 Å². The van der Waals surface area contributed by atoms with Gasteiger partial charge in [0.25, 0.3) is 0 Å². The van der Waals surface area contributed by atoms with Crippen LogP contribution in [0.2, 0.25) is 0 Å². The van der Waals surface area contributed by atoms with Crippen molar-refractivity contribution in [3.05, 3.63) is 18.5 Å². The highest BCUT2D eigenvalue weighted by Gasteiger charge is 2.25. The maximum absolute atomic E-state index is 11.2. The number of sulfonamides is 1. The Morgan fingerprint density at radius 2 is 2.24 bits per heavy atom. The molecule has 2 heterocycles. The Bertz CT molecular complexity index is 518. The van der Waals surface area contributed by atoms with Gasteiger partial charge in [0.05, 0.1) is 18.9 Å². The van der Waals surface area contributed by atoms with Crippen LogP contribution in [0, 0.1) is 0 Å². The summed E-state index contributed by atoms with van der Waals surface area (Å²) in [5, 5.41) is 14.3. The minimum absolute atomic E-state index is 0.153. The number of piperidine rings is 1. The smallest absolute Gasteiger partial charge is 0.208 e. The third-order valence-electron chi connectivity index (χ3n) is 3.73. The first-order chi connectivity index (χ1) is 9.94. The van der Waals surface area contributed by atoms with Gasteiger partial charge >= 0.3 is 0 Å². The lowest BCUT2D eigenvalue weighted by molar-refractivity contribution is 0.0578. The molecule has 1 aliphatic heterocycles. The second-order valence-corrected chi connectivity index (χ2v) is 7.48. The number of nitrogens with one attached hydrogen (secondary N) is 1. The van der Waals surface area contributed by atoms with E-state index in [4.69, 9.17) is 0 Å². The summed E-state index contributed by atoms with van der Waals surface area (Å²) in [6.45, 7) is 2.30. The molecule has 0 saturated carbocycles. The quantitative estimate of drug-likeness (QED) is 0.718. The van der Waals surface area contributed by atoms with Crippen LogP contribution >= 0.6 is 0 Å². The van der Waals surface area contributed by atoms with Gasteiger partial charge in [-0.25, -0.2) is 13.1 Å². The van der Waals surface area contributed by atoms with Crippen LogP contribution in [0.4, 0.5) is 0 Å². The van der Waals surface area contributed by atoms with Gasteiger partial charge in [-0.15, -0.1) is 0 Å². The standard InChI is InChI=1S/C13H24N4O3S/c1-21(19,20)15-9-12-5-2-3-7-16(12)10-13(18)11-17-8-4-6-14-17/h4,6,8,12-13,15,18H,2-3,5,7,9-11H2,1H3/t12-,13-/m0/s1. The monoisotopic (exact) mass is 316 g/mol. The van der Waals surface area contributed by atoms with Gasteiger partial charge in [0.15, 0.2) is 0 Å². The summed E-state index contributed by atoms with van der Waals surface area (Å²) < 4.78 is 26.7. The highest BCUT2D eigenvalue weighted by molar-refractivity contribution is 7.88. The first-order valence-corrected chi connectivity index (χ1v) is 9.17. The fourth-order valence-corrected chi connectivity index (χ4v) is 3.23. The number of hydrogen-bond donors (Lipinski definition) is 2. The lowest BCUT2D eigenvalue weighted by Gasteiger charge is -2.36. The lowest BCUT2D eigenvalue weighted by Crippen LogP contribution is -2.49. The summed E-state index contributed by atoms with van der Waals surface area (Å²) in [5.41, 5.74) is 0. The molecule has 1 aromatic rings. The predicted molar refractivity (Wildman–Crippen MR) is 80.3 cm³/mol. The van der Waals surface area contributed by atoms with E-state index >= 15 is 0 Å². The molecule has 0 aliphatic carbocycles. The van der Waals surface area contributed by atoms with Gasteiger partial charge in [0.1, 0.15) is 0 Å². The van der Waals surface area contributed by atoms with Crippen molar-refractivity contribution in [3.63, 3.8) is 0 Å². The first-order valence-electron chi connectivity index (χ1n) is 7.28. The SMILES string of the molecule is CS(=O)(=O)NC[C@@H]1CCCCN1C[C@H](O)Cn1cccn1. The number of rotatable bonds is 7. The molecule has 0 spiro atoms. The van der Waals surface area contributed by atoms with Crippen molar-refractivity contribution in [1.82, 2.24) is 19.4 Å². The third kappa shape index (κ3) is 5.74. The van der Waals surface area contributed by atoms with Crippen molar-refractivity contribution in [2.45, 2.75) is 38.0 Å². The van der Waals surface area contributed by atoms with Crippen molar-refractivity contribution < 1.29 is 13.5 Å². The Labute approximate surface area is 126 Å². The summed E-state index contributed by atoms with van der Waals surface area (Å²) in [7, 11) is -3.17. The average Bonchev–Trinajstić information content (AvgIpc) is 2.89. The largest absolute Gasteiger partial charge is 0.390 e. The highest BCUT2D eigenvalue weighted by atomic mass is 32.2. The van der Waals surface area contributed by atoms with E-state index in [2.05, 4.69) is 14.7 Å². The number of likely N-dealkylation sites (tertiary alicyclic amines) is 1. The number of aliphatic hydroxyl groups excluding tert-OH is 1. The van der Waals surface area contributed by atoms with E-state index in [0.717, 1.165) is 25.8 Å². The molecule has 0 amide bonds. The zero-order valence-electron chi connectivity index (χ0n) is 12.4. The van der Waals surface area contributed by atoms with Crippen molar-refractivity contribution in [2.75, 3.05) is 25.9 Å². The number of aromatic nitrogens is 2. The topological polar surface area (TPSA) is 87.5 Å². The number of hydrogen-bond acceptors (Lipinski definition) is 5. The van der Waals surface area contributed by atoms with Gasteiger partial charge in [-0.1, -0.05) is 6.42 Å². The molecule has 1 aliphatic rings. The maximum Gasteiger partial charge on any atom is 0.208 e. The molecule has 0 aromatic carbocycles. The summed E-state index contributed by atoms with van der Waals surface area (Å²) in [4.78, 5) is 2.18. The molecule has 21 heavy (non-hydrogen) atoms. The Morgan fingerprint density at radius 3 is 2.90 bits per heavy atom. The first kappa shape index (κ1) is 16.4. The summed E-state index contributed by atoms with van der Waals surface area (Å²) in [6.07, 6.45) is 7.31. The molecule has 2 atom stereocenters. The van der Waals surface area contributed by atoms with Crippen molar-refractivity contribution in [3.8, 4) is 0 Å². The van der Waals surface area contributed by atoms with Gasteiger partial charge in [-0.2, -0.15) is 5.10 Å². The second kappa shape index (κ2) is 7.35. The van der Waals surface area contributed by atoms with Gasteiger partial charge in [0, 0.05) is 31.5 Å². The van der Waals surface area contributed by atoms with Crippen LogP contribution in [0.5, 0.6) is 0 Å². The summed E-state index contributed by atoms with van der Waals surface area (Å²) in [5.74, 6) is 0. The summed E-state index contributed by atoms with van der Waals surface area (Å²) in [6, 6.07) is 1.98. The highest BCUT2D eigenvalue weighted by Crippen LogP contribution is 2.17. The van der Waals surface area contributed by atoms with Gasteiger partial charge in [-0.05, 0) is 25.5 Å². The lowest BCUT2D eigenvalue weighted by atomic mass is 10.0. The van der Waals surface area contributed by atoms with Crippen molar-refractivity contribution in [2.24, 2.45) is 0 Å². The van der Waals surface area contributed by atoms with Crippen molar-refractivity contribution in [1.29, 1.82) is 0 Å². The van der Waals surface area contributed by atoms with Crippen LogP contribution < -0.4 is 4.72 Å². The Morgan fingerprint density at radius 1 is 1.43 bits per heavy atom. The van der Waals surface area contributed by atoms with E-state index in [9.17, 15) is 13.5 Å². The minimum atomic E-state index is -3.17. The van der Waals surface area contributed by atoms with E-state index in [1.807, 2.05) is 12.3 Å². The fourth-order valence-electron chi connectivity index (χ4n) is 2.73. The molecular weight excluding hydrogens is 292 g/mol. The van der Waals surface area contributed by atoms with Gasteiger partial charge < -0.3 is 5.11 Å². The zero-order chi connectivity index (χ0) is 15.3. The van der Waals surface area contributed by atoms with Gasteiger partial charge in [0.2, 0.25) is 10.0 Å². The minimum Gasteiger partial charge on any atom is -0.390 e. The average molecular weight is 316 g/mol. The number of aliphatic hydroxyl groups is 1. The molecule has 1 saturated heterocycles. The molecular formula is C13H24N4O3S. The molecule has 120 valence electrons. The van der Waals surface area contributed by atoms with E-state index in [-0.39, 0.29) is 6.04 Å². The molecule has 1 fully saturated rings. The van der Waals surface area contributed by atoms with E-state index in [1.165, 1.54) is 6.26 Å². The molecule has 8 heteroatoms. The van der Waals surface area contributed by atoms with E-state index in [1.54, 1.807) is 10.9 Å². The van der Waals surface area contributed by atoms with Crippen LogP contribution in [0.1, 0.15) is 19.3 Å². The normalized spacial score (nSPS) is 22.3. The fraction of sp³-hybridized carbons (Fsp3) is 0.769. The van der Waals surface area contributed by atoms with E-state index in [0.29, 0.717) is 19.6 Å². The van der Waals surface area contributed by atoms with Crippen LogP contribution in [0.25, 0.3) is 0 Å². The Balaban J connectivity index is 1.86. The number of nitrogens with zero attached hydrogens (tertiary/aromatic N) is 3. The van der Waals surface area contributed by atoms with E-state index < -0.39 is 16.1 Å². The summed E-state index contributed by atoms with van der Waals surface area (Å²) >= 11 is 0. The molecule has 0 bridgehead atoms. The molecule has 0 radical (unpaired) electrons. The third-order valence-corrected chi connectivity index (χ3v) is 4.42. The van der Waals surface area contributed by atoms with Crippen molar-refractivity contribution >= 4 is 10.0 Å². The number of β-amino-alcohol motifs (C(OH)–C–C–N with tert-alkyl or cyclic N) is 1. The molecule has 2 N–H and O–H groups in total. The molecule has 7 nitrogen and oxygen atoms in total. The predicted octanol–water partition coefficient (Wildman–Crippen LogP) is -0.352. The zero-order valence-corrected chi connectivity index (χ0v) is 13.2. The maximum atomic E-state index is 11.2. The Hall–Kier alpha value is -0.960. The second-order valence-electron chi connectivity index (χ2n) is 5.65. The Kier molecular flexibility index (Phi) is 5.74. The molecule has 0 unspecified atom stereocenters. The molecule has 1 aromatic heterocycles. The molecule has 2 rings (SSSR count).